The summed E-state index contributed by atoms with van der Waals surface area (Å²) in [5, 5.41) is 2.69. The van der Waals surface area contributed by atoms with Gasteiger partial charge in [-0.15, -0.1) is 0 Å². The molecule has 1 aliphatic carbocycles. The molecule has 1 atom stereocenters. The molecule has 1 amide bonds. The fourth-order valence-corrected chi connectivity index (χ4v) is 1.93. The Labute approximate surface area is 90.4 Å². The van der Waals surface area contributed by atoms with Crippen molar-refractivity contribution in [1.29, 1.82) is 0 Å². The van der Waals surface area contributed by atoms with Crippen LogP contribution in [0.1, 0.15) is 39.0 Å². The maximum atomic E-state index is 11.7. The maximum absolute atomic E-state index is 11.7. The van der Waals surface area contributed by atoms with Crippen LogP contribution in [-0.4, -0.2) is 25.0 Å². The molecule has 0 aliphatic heterocycles. The molecule has 1 aliphatic rings. The van der Waals surface area contributed by atoms with Gasteiger partial charge in [0.25, 0.3) is 0 Å². The van der Waals surface area contributed by atoms with E-state index in [0.29, 0.717) is 0 Å². The zero-order valence-corrected chi connectivity index (χ0v) is 9.41. The number of nitrogens with one attached hydrogen (secondary N) is 1. The average Bonchev–Trinajstić information content (AvgIpc) is 2.29. The lowest BCUT2D eigenvalue weighted by molar-refractivity contribution is -0.145. The number of methoxy groups -OCH3 is 1. The van der Waals surface area contributed by atoms with Crippen molar-refractivity contribution in [3.05, 3.63) is 0 Å². The number of carbonyl (C=O) groups is 2. The normalized spacial score (nSPS) is 19.3. The summed E-state index contributed by atoms with van der Waals surface area (Å²) < 4.78 is 4.55. The maximum Gasteiger partial charge on any atom is 0.328 e. The highest BCUT2D eigenvalue weighted by atomic mass is 16.5. The van der Waals surface area contributed by atoms with E-state index in [2.05, 4.69) is 10.1 Å². The fourth-order valence-electron chi connectivity index (χ4n) is 1.93. The van der Waals surface area contributed by atoms with E-state index in [9.17, 15) is 9.59 Å². The van der Waals surface area contributed by atoms with E-state index in [1.807, 2.05) is 0 Å². The third-order valence-electron chi connectivity index (χ3n) is 2.89. The van der Waals surface area contributed by atoms with Gasteiger partial charge < -0.3 is 10.1 Å². The molecule has 0 heterocycles. The monoisotopic (exact) mass is 213 g/mol. The molecule has 1 saturated carbocycles. The molecular formula is C11H19NO3. The van der Waals surface area contributed by atoms with E-state index in [4.69, 9.17) is 0 Å². The number of amides is 1. The van der Waals surface area contributed by atoms with Crippen molar-refractivity contribution in [2.24, 2.45) is 5.92 Å². The Kier molecular flexibility index (Phi) is 4.59. The van der Waals surface area contributed by atoms with Gasteiger partial charge in [0.1, 0.15) is 6.04 Å². The molecule has 0 saturated heterocycles. The third kappa shape index (κ3) is 3.53. The largest absolute Gasteiger partial charge is 0.467 e. The Morgan fingerprint density at radius 1 is 1.27 bits per heavy atom. The number of rotatable bonds is 3. The highest BCUT2D eigenvalue weighted by Gasteiger charge is 2.24. The first-order chi connectivity index (χ1) is 7.15. The molecule has 0 radical (unpaired) electrons. The number of esters is 1. The van der Waals surface area contributed by atoms with E-state index in [1.54, 1.807) is 6.92 Å². The van der Waals surface area contributed by atoms with E-state index in [0.717, 1.165) is 25.7 Å². The van der Waals surface area contributed by atoms with Gasteiger partial charge in [-0.2, -0.15) is 0 Å². The molecule has 0 aromatic rings. The summed E-state index contributed by atoms with van der Waals surface area (Å²) in [6.07, 6.45) is 5.34. The second kappa shape index (κ2) is 5.73. The van der Waals surface area contributed by atoms with Crippen LogP contribution in [0.2, 0.25) is 0 Å². The molecule has 0 aromatic carbocycles. The Hall–Kier alpha value is -1.06. The van der Waals surface area contributed by atoms with Gasteiger partial charge in [0.2, 0.25) is 5.91 Å². The Morgan fingerprint density at radius 2 is 1.87 bits per heavy atom. The summed E-state index contributed by atoms with van der Waals surface area (Å²) in [5.74, 6) is -0.308. The molecule has 0 aromatic heterocycles. The van der Waals surface area contributed by atoms with Gasteiger partial charge in [-0.1, -0.05) is 19.3 Å². The second-order valence-electron chi connectivity index (χ2n) is 4.09. The topological polar surface area (TPSA) is 55.4 Å². The van der Waals surface area contributed by atoms with Crippen molar-refractivity contribution in [3.8, 4) is 0 Å². The number of carbonyl (C=O) groups excluding carboxylic acids is 2. The van der Waals surface area contributed by atoms with Crippen LogP contribution in [-0.2, 0) is 14.3 Å². The smallest absolute Gasteiger partial charge is 0.328 e. The van der Waals surface area contributed by atoms with E-state index in [-0.39, 0.29) is 17.8 Å². The van der Waals surface area contributed by atoms with Crippen LogP contribution in [0.4, 0.5) is 0 Å². The standard InChI is InChI=1S/C11H19NO3/c1-8(11(14)15-2)12-10(13)9-6-4-3-5-7-9/h8-9H,3-7H2,1-2H3,(H,12,13)/t8-/m1/s1. The third-order valence-corrected chi connectivity index (χ3v) is 2.89. The minimum atomic E-state index is -0.538. The van der Waals surface area contributed by atoms with Crippen molar-refractivity contribution in [1.82, 2.24) is 5.32 Å². The lowest BCUT2D eigenvalue weighted by Gasteiger charge is -2.22. The molecule has 15 heavy (non-hydrogen) atoms. The lowest BCUT2D eigenvalue weighted by atomic mass is 9.88. The Bertz CT molecular complexity index is 234. The van der Waals surface area contributed by atoms with Crippen molar-refractivity contribution in [2.75, 3.05) is 7.11 Å². The Morgan fingerprint density at radius 3 is 2.40 bits per heavy atom. The molecule has 1 rings (SSSR count). The predicted octanol–water partition coefficient (Wildman–Crippen LogP) is 1.24. The van der Waals surface area contributed by atoms with Crippen LogP contribution >= 0.6 is 0 Å². The van der Waals surface area contributed by atoms with Gasteiger partial charge >= 0.3 is 5.97 Å². The first-order valence-electron chi connectivity index (χ1n) is 5.53. The minimum absolute atomic E-state index is 0.00685. The number of hydrogen-bond acceptors (Lipinski definition) is 3. The summed E-state index contributed by atoms with van der Waals surface area (Å²) in [4.78, 5) is 22.8. The molecule has 1 N–H and O–H groups in total. The highest BCUT2D eigenvalue weighted by Crippen LogP contribution is 2.23. The van der Waals surface area contributed by atoms with Crippen LogP contribution in [0.15, 0.2) is 0 Å². The Balaban J connectivity index is 2.36. The lowest BCUT2D eigenvalue weighted by Crippen LogP contribution is -2.42. The fraction of sp³-hybridized carbons (Fsp3) is 0.818. The van der Waals surface area contributed by atoms with Crippen LogP contribution in [0.25, 0.3) is 0 Å². The highest BCUT2D eigenvalue weighted by molar-refractivity contribution is 5.85. The van der Waals surface area contributed by atoms with Crippen LogP contribution < -0.4 is 5.32 Å². The van der Waals surface area contributed by atoms with E-state index >= 15 is 0 Å². The minimum Gasteiger partial charge on any atom is -0.467 e. The summed E-state index contributed by atoms with van der Waals surface area (Å²) in [5.41, 5.74) is 0. The van der Waals surface area contributed by atoms with Gasteiger partial charge in [-0.3, -0.25) is 4.79 Å². The summed E-state index contributed by atoms with van der Waals surface area (Å²) in [7, 11) is 1.32. The van der Waals surface area contributed by atoms with Crippen molar-refractivity contribution in [3.63, 3.8) is 0 Å². The zero-order chi connectivity index (χ0) is 11.3. The van der Waals surface area contributed by atoms with Crippen molar-refractivity contribution >= 4 is 11.9 Å². The molecule has 86 valence electrons. The number of ether oxygens (including phenoxy) is 1. The van der Waals surface area contributed by atoms with Crippen LogP contribution in [0.3, 0.4) is 0 Å². The molecule has 0 unspecified atom stereocenters. The van der Waals surface area contributed by atoms with Crippen molar-refractivity contribution in [2.45, 2.75) is 45.1 Å². The SMILES string of the molecule is COC(=O)[C@@H](C)NC(=O)C1CCCCC1. The average molecular weight is 213 g/mol. The zero-order valence-electron chi connectivity index (χ0n) is 9.41. The molecule has 0 spiro atoms. The molecule has 4 nitrogen and oxygen atoms in total. The molecule has 1 fully saturated rings. The van der Waals surface area contributed by atoms with E-state index in [1.165, 1.54) is 13.5 Å². The molecule has 4 heteroatoms. The van der Waals surface area contributed by atoms with Gasteiger partial charge in [-0.25, -0.2) is 4.79 Å². The van der Waals surface area contributed by atoms with Crippen molar-refractivity contribution < 1.29 is 14.3 Å². The number of hydrogen-bond donors (Lipinski definition) is 1. The summed E-state index contributed by atoms with van der Waals surface area (Å²) >= 11 is 0. The quantitative estimate of drug-likeness (QED) is 0.718. The van der Waals surface area contributed by atoms with Crippen LogP contribution in [0.5, 0.6) is 0 Å². The summed E-state index contributed by atoms with van der Waals surface area (Å²) in [6.45, 7) is 1.65. The van der Waals surface area contributed by atoms with Crippen LogP contribution in [0, 0.1) is 5.92 Å². The molecule has 0 bridgehead atoms. The summed E-state index contributed by atoms with van der Waals surface area (Å²) in [6, 6.07) is -0.538. The van der Waals surface area contributed by atoms with Gasteiger partial charge in [0.15, 0.2) is 0 Å². The van der Waals surface area contributed by atoms with Gasteiger partial charge in [0.05, 0.1) is 7.11 Å². The van der Waals surface area contributed by atoms with Gasteiger partial charge in [-0.05, 0) is 19.8 Å². The first kappa shape index (κ1) is 12.0. The predicted molar refractivity (Wildman–Crippen MR) is 56.2 cm³/mol. The first-order valence-corrected chi connectivity index (χ1v) is 5.53. The molecular weight excluding hydrogens is 194 g/mol. The second-order valence-corrected chi connectivity index (χ2v) is 4.09. The van der Waals surface area contributed by atoms with E-state index < -0.39 is 6.04 Å². The van der Waals surface area contributed by atoms with Gasteiger partial charge in [0, 0.05) is 5.92 Å².